The number of anilines is 1. The molecule has 9 nitrogen and oxygen atoms in total. The smallest absolute Gasteiger partial charge is 0.350 e. The average Bonchev–Trinajstić information content (AvgIpc) is 2.94. The zero-order chi connectivity index (χ0) is 17.7. The number of rotatable bonds is 6. The average molecular weight is 350 g/mol. The number of aromatic nitrogens is 1. The second kappa shape index (κ2) is 7.51. The minimum atomic E-state index is -0.531. The highest BCUT2D eigenvalue weighted by atomic mass is 32.1. The van der Waals surface area contributed by atoms with Gasteiger partial charge in [0.25, 0.3) is 0 Å². The molecule has 1 heterocycles. The maximum atomic E-state index is 11.5. The molecule has 0 atom stereocenters. The molecule has 0 aliphatic heterocycles. The van der Waals surface area contributed by atoms with Gasteiger partial charge in [0.05, 0.1) is 31.1 Å². The summed E-state index contributed by atoms with van der Waals surface area (Å²) < 4.78 is 9.58. The van der Waals surface area contributed by atoms with E-state index in [0.717, 1.165) is 11.3 Å². The summed E-state index contributed by atoms with van der Waals surface area (Å²) in [5, 5.41) is 15.3. The highest BCUT2D eigenvalue weighted by molar-refractivity contribution is 7.17. The number of nitrogens with zero attached hydrogens (tertiary/aromatic N) is 3. The number of aryl methyl sites for hydroxylation is 1. The van der Waals surface area contributed by atoms with Gasteiger partial charge in [-0.3, -0.25) is 15.5 Å². The molecule has 0 radical (unpaired) electrons. The lowest BCUT2D eigenvalue weighted by Gasteiger charge is -2.01. The highest BCUT2D eigenvalue weighted by Gasteiger charge is 2.16. The Bertz CT molecular complexity index is 802. The number of nitro benzene ring substituents is 1. The third-order valence-electron chi connectivity index (χ3n) is 2.94. The Hall–Kier alpha value is -3.01. The molecule has 0 fully saturated rings. The lowest BCUT2D eigenvalue weighted by molar-refractivity contribution is -0.385. The summed E-state index contributed by atoms with van der Waals surface area (Å²) in [6, 6.07) is 4.46. The molecule has 1 aromatic heterocycles. The first-order valence-electron chi connectivity index (χ1n) is 6.63. The molecule has 0 aliphatic carbocycles. The summed E-state index contributed by atoms with van der Waals surface area (Å²) in [7, 11) is 2.66. The fourth-order valence-electron chi connectivity index (χ4n) is 1.82. The van der Waals surface area contributed by atoms with Crippen molar-refractivity contribution in [1.82, 2.24) is 4.98 Å². The molecular weight excluding hydrogens is 336 g/mol. The molecule has 126 valence electrons. The number of methoxy groups -OCH3 is 2. The molecule has 0 unspecified atom stereocenters. The predicted octanol–water partition coefficient (Wildman–Crippen LogP) is 2.60. The predicted molar refractivity (Wildman–Crippen MR) is 89.1 cm³/mol. The van der Waals surface area contributed by atoms with E-state index >= 15 is 0 Å². The van der Waals surface area contributed by atoms with Gasteiger partial charge in [0.15, 0.2) is 5.75 Å². The van der Waals surface area contributed by atoms with Crippen LogP contribution in [0.4, 0.5) is 10.8 Å². The van der Waals surface area contributed by atoms with Crippen LogP contribution in [0, 0.1) is 17.0 Å². The molecule has 10 heteroatoms. The molecule has 0 bridgehead atoms. The maximum Gasteiger partial charge on any atom is 0.350 e. The summed E-state index contributed by atoms with van der Waals surface area (Å²) >= 11 is 1.10. The molecule has 1 aromatic carbocycles. The molecule has 1 N–H and O–H groups in total. The number of esters is 1. The van der Waals surface area contributed by atoms with Gasteiger partial charge in [-0.1, -0.05) is 11.3 Å². The minimum Gasteiger partial charge on any atom is -0.490 e. The van der Waals surface area contributed by atoms with Crippen LogP contribution in [-0.2, 0) is 4.74 Å². The van der Waals surface area contributed by atoms with Crippen LogP contribution < -0.4 is 10.2 Å². The highest BCUT2D eigenvalue weighted by Crippen LogP contribution is 2.27. The van der Waals surface area contributed by atoms with Crippen LogP contribution in [0.5, 0.6) is 5.75 Å². The van der Waals surface area contributed by atoms with Crippen LogP contribution >= 0.6 is 11.3 Å². The van der Waals surface area contributed by atoms with Gasteiger partial charge in [-0.25, -0.2) is 9.78 Å². The van der Waals surface area contributed by atoms with Crippen LogP contribution in [0.1, 0.15) is 20.9 Å². The van der Waals surface area contributed by atoms with E-state index in [9.17, 15) is 14.9 Å². The van der Waals surface area contributed by atoms with Gasteiger partial charge in [-0.05, 0) is 19.1 Å². The standard InChI is InChI=1S/C14H14N4O5S/c1-8-12(13(19)23-3)24-14(16-8)17-15-7-9-4-5-11(22-2)10(6-9)18(20)21/h4-7H,1-3H3,(H,16,17)/b15-7-. The van der Waals surface area contributed by atoms with Gasteiger partial charge in [0, 0.05) is 11.6 Å². The first kappa shape index (κ1) is 17.3. The fraction of sp³-hybridized carbons (Fsp3) is 0.214. The van der Waals surface area contributed by atoms with Gasteiger partial charge in [-0.15, -0.1) is 0 Å². The van der Waals surface area contributed by atoms with Crippen LogP contribution in [0.2, 0.25) is 0 Å². The number of nitrogens with one attached hydrogen (secondary N) is 1. The van der Waals surface area contributed by atoms with Crippen molar-refractivity contribution in [2.24, 2.45) is 5.10 Å². The van der Waals surface area contributed by atoms with E-state index in [1.54, 1.807) is 13.0 Å². The minimum absolute atomic E-state index is 0.153. The molecule has 0 spiro atoms. The summed E-state index contributed by atoms with van der Waals surface area (Å²) in [5.41, 5.74) is 3.57. The third-order valence-corrected chi connectivity index (χ3v) is 3.98. The van der Waals surface area contributed by atoms with Gasteiger partial charge in [-0.2, -0.15) is 5.10 Å². The Labute approximate surface area is 141 Å². The first-order valence-corrected chi connectivity index (χ1v) is 7.45. The van der Waals surface area contributed by atoms with Crippen LogP contribution in [0.15, 0.2) is 23.3 Å². The van der Waals surface area contributed by atoms with E-state index in [4.69, 9.17) is 4.74 Å². The third kappa shape index (κ3) is 3.84. The Morgan fingerprint density at radius 2 is 2.21 bits per heavy atom. The first-order chi connectivity index (χ1) is 11.5. The van der Waals surface area contributed by atoms with E-state index in [-0.39, 0.29) is 11.4 Å². The SMILES string of the molecule is COC(=O)c1sc(N/N=C\c2ccc(OC)c([N+](=O)[O-])c2)nc1C. The molecule has 0 saturated heterocycles. The van der Waals surface area contributed by atoms with Crippen molar-refractivity contribution in [2.45, 2.75) is 6.92 Å². The Morgan fingerprint density at radius 1 is 1.46 bits per heavy atom. The zero-order valence-electron chi connectivity index (χ0n) is 13.1. The lowest BCUT2D eigenvalue weighted by atomic mass is 10.2. The fourth-order valence-corrected chi connectivity index (χ4v) is 2.65. The Balaban J connectivity index is 2.13. The summed E-state index contributed by atoms with van der Waals surface area (Å²) in [5.74, 6) is -0.295. The molecule has 2 aromatic rings. The number of hydrogen-bond donors (Lipinski definition) is 1. The summed E-state index contributed by atoms with van der Waals surface area (Å²) in [4.78, 5) is 26.5. The van der Waals surface area contributed by atoms with E-state index in [1.165, 1.54) is 32.6 Å². The van der Waals surface area contributed by atoms with E-state index < -0.39 is 10.9 Å². The van der Waals surface area contributed by atoms with Crippen molar-refractivity contribution >= 4 is 34.3 Å². The Morgan fingerprint density at radius 3 is 2.83 bits per heavy atom. The molecule has 24 heavy (non-hydrogen) atoms. The van der Waals surface area contributed by atoms with Crippen LogP contribution in [-0.4, -0.2) is 36.3 Å². The van der Waals surface area contributed by atoms with Crippen molar-refractivity contribution in [2.75, 3.05) is 19.6 Å². The van der Waals surface area contributed by atoms with E-state index in [2.05, 4.69) is 20.2 Å². The second-order valence-electron chi connectivity index (χ2n) is 4.48. The van der Waals surface area contributed by atoms with Gasteiger partial charge >= 0.3 is 11.7 Å². The van der Waals surface area contributed by atoms with Gasteiger partial charge < -0.3 is 9.47 Å². The normalized spacial score (nSPS) is 10.6. The van der Waals surface area contributed by atoms with Gasteiger partial charge in [0.1, 0.15) is 4.88 Å². The zero-order valence-corrected chi connectivity index (χ0v) is 13.9. The molecule has 2 rings (SSSR count). The molecular formula is C14H14N4O5S. The lowest BCUT2D eigenvalue weighted by Crippen LogP contribution is -1.99. The van der Waals surface area contributed by atoms with Crippen LogP contribution in [0.3, 0.4) is 0 Å². The number of carbonyl (C=O) groups excluding carboxylic acids is 1. The van der Waals surface area contributed by atoms with Gasteiger partial charge in [0.2, 0.25) is 5.13 Å². The van der Waals surface area contributed by atoms with Crippen molar-refractivity contribution < 1.29 is 19.2 Å². The largest absolute Gasteiger partial charge is 0.490 e. The number of benzene rings is 1. The van der Waals surface area contributed by atoms with E-state index in [0.29, 0.717) is 21.3 Å². The summed E-state index contributed by atoms with van der Waals surface area (Å²) in [6.07, 6.45) is 1.40. The number of nitro groups is 1. The molecule has 0 amide bonds. The monoisotopic (exact) mass is 350 g/mol. The summed E-state index contributed by atoms with van der Waals surface area (Å²) in [6.45, 7) is 1.69. The number of thiazole rings is 1. The van der Waals surface area contributed by atoms with E-state index in [1.807, 2.05) is 0 Å². The van der Waals surface area contributed by atoms with Crippen molar-refractivity contribution in [3.63, 3.8) is 0 Å². The quantitative estimate of drug-likeness (QED) is 0.368. The Kier molecular flexibility index (Phi) is 5.42. The maximum absolute atomic E-state index is 11.5. The molecule has 0 aliphatic rings. The van der Waals surface area contributed by atoms with Crippen molar-refractivity contribution in [3.8, 4) is 5.75 Å². The number of carbonyl (C=O) groups is 1. The number of hydrogen-bond acceptors (Lipinski definition) is 9. The van der Waals surface area contributed by atoms with Crippen molar-refractivity contribution in [1.29, 1.82) is 0 Å². The number of ether oxygens (including phenoxy) is 2. The molecule has 0 saturated carbocycles. The number of hydrazone groups is 1. The second-order valence-corrected chi connectivity index (χ2v) is 5.48. The van der Waals surface area contributed by atoms with Crippen molar-refractivity contribution in [3.05, 3.63) is 44.4 Å². The van der Waals surface area contributed by atoms with Crippen LogP contribution in [0.25, 0.3) is 0 Å². The topological polar surface area (TPSA) is 116 Å².